The van der Waals surface area contributed by atoms with Crippen LogP contribution in [0.2, 0.25) is 0 Å². The van der Waals surface area contributed by atoms with E-state index in [1.165, 1.54) is 12.1 Å². The van der Waals surface area contributed by atoms with E-state index in [0.29, 0.717) is 12.5 Å². The highest BCUT2D eigenvalue weighted by molar-refractivity contribution is 5.80. The van der Waals surface area contributed by atoms with Crippen molar-refractivity contribution in [3.63, 3.8) is 0 Å². The molecule has 1 saturated heterocycles. The second-order valence-corrected chi connectivity index (χ2v) is 6.45. The van der Waals surface area contributed by atoms with Gasteiger partial charge in [-0.15, -0.1) is 0 Å². The highest BCUT2D eigenvalue weighted by atomic mass is 19.4. The number of piperidine rings is 1. The molecule has 0 saturated carbocycles. The van der Waals surface area contributed by atoms with E-state index in [0.717, 1.165) is 38.0 Å². The van der Waals surface area contributed by atoms with E-state index in [9.17, 15) is 17.6 Å². The standard InChI is InChI=1S/C18H26F4N4/c1-2-23-17(24-10-9-18(20,21)22)25-16-7-11-26(12-8-16)13-14-3-5-15(19)6-4-14/h3-6,16H,2,7-13H2,1H3,(H2,23,24,25). The van der Waals surface area contributed by atoms with Crippen LogP contribution in [0.25, 0.3) is 0 Å². The van der Waals surface area contributed by atoms with Crippen molar-refractivity contribution in [1.29, 1.82) is 0 Å². The van der Waals surface area contributed by atoms with Crippen LogP contribution in [0.5, 0.6) is 0 Å². The van der Waals surface area contributed by atoms with Gasteiger partial charge < -0.3 is 10.6 Å². The maximum atomic E-state index is 13.0. The zero-order chi connectivity index (χ0) is 19.0. The maximum absolute atomic E-state index is 13.0. The Bertz CT molecular complexity index is 564. The van der Waals surface area contributed by atoms with Crippen LogP contribution in [0.1, 0.15) is 31.7 Å². The van der Waals surface area contributed by atoms with Gasteiger partial charge in [0.25, 0.3) is 0 Å². The zero-order valence-electron chi connectivity index (χ0n) is 14.9. The molecule has 0 radical (unpaired) electrons. The van der Waals surface area contributed by atoms with E-state index < -0.39 is 12.6 Å². The Hall–Kier alpha value is -1.83. The van der Waals surface area contributed by atoms with Gasteiger partial charge in [-0.05, 0) is 37.5 Å². The van der Waals surface area contributed by atoms with Crippen molar-refractivity contribution in [2.24, 2.45) is 4.99 Å². The Balaban J connectivity index is 1.78. The molecule has 1 aliphatic rings. The monoisotopic (exact) mass is 374 g/mol. The number of halogens is 4. The first-order valence-corrected chi connectivity index (χ1v) is 8.94. The van der Waals surface area contributed by atoms with Gasteiger partial charge in [-0.2, -0.15) is 13.2 Å². The lowest BCUT2D eigenvalue weighted by atomic mass is 10.0. The minimum absolute atomic E-state index is 0.183. The van der Waals surface area contributed by atoms with Crippen molar-refractivity contribution >= 4 is 5.96 Å². The van der Waals surface area contributed by atoms with Gasteiger partial charge in [0.2, 0.25) is 0 Å². The van der Waals surface area contributed by atoms with Crippen molar-refractivity contribution in [2.45, 2.75) is 44.9 Å². The van der Waals surface area contributed by atoms with E-state index in [1.807, 2.05) is 6.92 Å². The van der Waals surface area contributed by atoms with E-state index in [-0.39, 0.29) is 18.4 Å². The number of aliphatic imine (C=N–C) groups is 1. The third kappa shape index (κ3) is 7.59. The summed E-state index contributed by atoms with van der Waals surface area (Å²) in [5.74, 6) is 0.200. The normalized spacial score (nSPS) is 17.3. The molecule has 0 spiro atoms. The lowest BCUT2D eigenvalue weighted by Gasteiger charge is -2.33. The van der Waals surface area contributed by atoms with Gasteiger partial charge in [0.05, 0.1) is 13.0 Å². The third-order valence-corrected chi connectivity index (χ3v) is 4.26. The van der Waals surface area contributed by atoms with Crippen LogP contribution in [0.4, 0.5) is 17.6 Å². The van der Waals surface area contributed by atoms with Gasteiger partial charge in [0, 0.05) is 32.2 Å². The Morgan fingerprint density at radius 3 is 2.42 bits per heavy atom. The molecule has 146 valence electrons. The van der Waals surface area contributed by atoms with E-state index in [1.54, 1.807) is 12.1 Å². The SMILES string of the molecule is CCNC(=NCCC(F)(F)F)NC1CCN(Cc2ccc(F)cc2)CC1. The van der Waals surface area contributed by atoms with Gasteiger partial charge in [0.1, 0.15) is 5.82 Å². The molecule has 8 heteroatoms. The van der Waals surface area contributed by atoms with E-state index in [2.05, 4.69) is 20.5 Å². The fraction of sp³-hybridized carbons (Fsp3) is 0.611. The number of benzene rings is 1. The number of nitrogens with zero attached hydrogens (tertiary/aromatic N) is 2. The molecule has 1 heterocycles. The molecular weight excluding hydrogens is 348 g/mol. The van der Waals surface area contributed by atoms with Gasteiger partial charge in [-0.25, -0.2) is 4.39 Å². The summed E-state index contributed by atoms with van der Waals surface area (Å²) in [5.41, 5.74) is 1.07. The molecule has 2 rings (SSSR count). The number of hydrogen-bond donors (Lipinski definition) is 2. The average molecular weight is 374 g/mol. The van der Waals surface area contributed by atoms with Crippen molar-refractivity contribution in [1.82, 2.24) is 15.5 Å². The molecule has 0 unspecified atom stereocenters. The minimum atomic E-state index is -4.19. The van der Waals surface area contributed by atoms with Crippen molar-refractivity contribution in [3.05, 3.63) is 35.6 Å². The highest BCUT2D eigenvalue weighted by Crippen LogP contribution is 2.19. The zero-order valence-corrected chi connectivity index (χ0v) is 14.9. The fourth-order valence-corrected chi connectivity index (χ4v) is 2.89. The number of guanidine groups is 1. The van der Waals surface area contributed by atoms with Crippen LogP contribution in [0, 0.1) is 5.82 Å². The van der Waals surface area contributed by atoms with Gasteiger partial charge in [-0.1, -0.05) is 12.1 Å². The topological polar surface area (TPSA) is 39.7 Å². The maximum Gasteiger partial charge on any atom is 0.390 e. The van der Waals surface area contributed by atoms with Gasteiger partial charge in [0.15, 0.2) is 5.96 Å². The molecule has 0 aliphatic carbocycles. The average Bonchev–Trinajstić information content (AvgIpc) is 2.58. The van der Waals surface area contributed by atoms with Crippen LogP contribution in [-0.2, 0) is 6.54 Å². The lowest BCUT2D eigenvalue weighted by Crippen LogP contribution is -2.48. The number of rotatable bonds is 6. The number of nitrogens with one attached hydrogen (secondary N) is 2. The van der Waals surface area contributed by atoms with Crippen LogP contribution in [0.15, 0.2) is 29.3 Å². The minimum Gasteiger partial charge on any atom is -0.357 e. The van der Waals surface area contributed by atoms with E-state index >= 15 is 0 Å². The van der Waals surface area contributed by atoms with E-state index in [4.69, 9.17) is 0 Å². The molecule has 0 atom stereocenters. The quantitative estimate of drug-likeness (QED) is 0.456. The molecule has 1 aromatic rings. The van der Waals surface area contributed by atoms with Crippen molar-refractivity contribution in [2.75, 3.05) is 26.2 Å². The Kier molecular flexibility index (Phi) is 7.68. The summed E-state index contributed by atoms with van der Waals surface area (Å²) in [6, 6.07) is 6.68. The molecule has 0 amide bonds. The molecule has 1 aromatic carbocycles. The Labute approximate surface area is 151 Å². The molecular formula is C18H26F4N4. The first-order valence-electron chi connectivity index (χ1n) is 8.94. The van der Waals surface area contributed by atoms with Gasteiger partial charge in [-0.3, -0.25) is 9.89 Å². The molecule has 2 N–H and O–H groups in total. The Morgan fingerprint density at radius 2 is 1.85 bits per heavy atom. The summed E-state index contributed by atoms with van der Waals surface area (Å²) in [6.45, 7) is 4.72. The predicted octanol–water partition coefficient (Wildman–Crippen LogP) is 3.30. The smallest absolute Gasteiger partial charge is 0.357 e. The summed E-state index contributed by atoms with van der Waals surface area (Å²) in [5, 5.41) is 6.23. The molecule has 4 nitrogen and oxygen atoms in total. The summed E-state index contributed by atoms with van der Waals surface area (Å²) in [6.07, 6.45) is -3.35. The number of likely N-dealkylation sites (tertiary alicyclic amines) is 1. The summed E-state index contributed by atoms with van der Waals surface area (Å²) >= 11 is 0. The van der Waals surface area contributed by atoms with Crippen molar-refractivity contribution < 1.29 is 17.6 Å². The molecule has 1 fully saturated rings. The van der Waals surface area contributed by atoms with Crippen LogP contribution < -0.4 is 10.6 Å². The lowest BCUT2D eigenvalue weighted by molar-refractivity contribution is -0.132. The molecule has 1 aliphatic heterocycles. The van der Waals surface area contributed by atoms with Crippen LogP contribution in [0.3, 0.4) is 0 Å². The second kappa shape index (κ2) is 9.75. The highest BCUT2D eigenvalue weighted by Gasteiger charge is 2.26. The second-order valence-electron chi connectivity index (χ2n) is 6.45. The Morgan fingerprint density at radius 1 is 1.19 bits per heavy atom. The van der Waals surface area contributed by atoms with Crippen molar-refractivity contribution in [3.8, 4) is 0 Å². The fourth-order valence-electron chi connectivity index (χ4n) is 2.89. The number of hydrogen-bond acceptors (Lipinski definition) is 2. The first kappa shape index (κ1) is 20.5. The van der Waals surface area contributed by atoms with Crippen LogP contribution in [-0.4, -0.2) is 49.3 Å². The summed E-state index contributed by atoms with van der Waals surface area (Å²) < 4.78 is 49.7. The predicted molar refractivity (Wildman–Crippen MR) is 94.5 cm³/mol. The first-order chi connectivity index (χ1) is 12.4. The molecule has 0 bridgehead atoms. The van der Waals surface area contributed by atoms with Gasteiger partial charge >= 0.3 is 6.18 Å². The largest absolute Gasteiger partial charge is 0.390 e. The number of alkyl halides is 3. The summed E-state index contributed by atoms with van der Waals surface area (Å²) in [4.78, 5) is 6.30. The third-order valence-electron chi connectivity index (χ3n) is 4.26. The van der Waals surface area contributed by atoms with Crippen LogP contribution >= 0.6 is 0 Å². The molecule has 0 aromatic heterocycles. The summed E-state index contributed by atoms with van der Waals surface area (Å²) in [7, 11) is 0. The molecule has 26 heavy (non-hydrogen) atoms.